The van der Waals surface area contributed by atoms with E-state index in [-0.39, 0.29) is 5.92 Å². The zero-order valence-electron chi connectivity index (χ0n) is 13.4. The van der Waals surface area contributed by atoms with Crippen molar-refractivity contribution >= 4 is 14.6 Å². The molecule has 0 fully saturated rings. The molecule has 0 spiro atoms. The second-order valence-corrected chi connectivity index (χ2v) is 10.9. The standard InChI is InChI=1S/C16H26O3Si/c1-12(2)14(11-17)9-13-7-8-15(18-3)16(10-13)19-20(4,5)6/h7-8,10-12,14H,9H2,1-6H3. The molecule has 0 aliphatic heterocycles. The van der Waals surface area contributed by atoms with Crippen molar-refractivity contribution in [2.45, 2.75) is 39.9 Å². The number of ether oxygens (including phenoxy) is 1. The van der Waals surface area contributed by atoms with E-state index in [4.69, 9.17) is 9.16 Å². The Morgan fingerprint density at radius 3 is 2.30 bits per heavy atom. The van der Waals surface area contributed by atoms with Gasteiger partial charge in [0, 0.05) is 5.92 Å². The van der Waals surface area contributed by atoms with Crippen LogP contribution in [0.5, 0.6) is 11.5 Å². The summed E-state index contributed by atoms with van der Waals surface area (Å²) < 4.78 is 11.4. The van der Waals surface area contributed by atoms with E-state index in [0.717, 1.165) is 29.8 Å². The number of carbonyl (C=O) groups is 1. The summed E-state index contributed by atoms with van der Waals surface area (Å²) >= 11 is 0. The van der Waals surface area contributed by atoms with Crippen LogP contribution in [0.2, 0.25) is 19.6 Å². The van der Waals surface area contributed by atoms with E-state index in [1.165, 1.54) is 0 Å². The molecule has 0 saturated heterocycles. The molecule has 0 bridgehead atoms. The van der Waals surface area contributed by atoms with Gasteiger partial charge in [-0.1, -0.05) is 19.9 Å². The number of methoxy groups -OCH3 is 1. The van der Waals surface area contributed by atoms with Gasteiger partial charge in [0.15, 0.2) is 5.75 Å². The first-order chi connectivity index (χ1) is 9.26. The highest BCUT2D eigenvalue weighted by Gasteiger charge is 2.20. The van der Waals surface area contributed by atoms with Crippen LogP contribution in [0.3, 0.4) is 0 Å². The first-order valence-electron chi connectivity index (χ1n) is 7.08. The lowest BCUT2D eigenvalue weighted by Gasteiger charge is -2.22. The van der Waals surface area contributed by atoms with E-state index in [0.29, 0.717) is 5.92 Å². The van der Waals surface area contributed by atoms with Crippen LogP contribution >= 0.6 is 0 Å². The van der Waals surface area contributed by atoms with Crippen LogP contribution in [0.15, 0.2) is 18.2 Å². The maximum Gasteiger partial charge on any atom is 0.242 e. The molecule has 0 amide bonds. The van der Waals surface area contributed by atoms with E-state index in [2.05, 4.69) is 33.5 Å². The molecule has 112 valence electrons. The summed E-state index contributed by atoms with van der Waals surface area (Å²) in [5.41, 5.74) is 1.12. The van der Waals surface area contributed by atoms with E-state index in [9.17, 15) is 4.79 Å². The number of benzene rings is 1. The van der Waals surface area contributed by atoms with Gasteiger partial charge in [0.25, 0.3) is 0 Å². The van der Waals surface area contributed by atoms with Crippen LogP contribution in [-0.4, -0.2) is 21.7 Å². The summed E-state index contributed by atoms with van der Waals surface area (Å²) in [4.78, 5) is 11.1. The molecule has 0 aliphatic carbocycles. The van der Waals surface area contributed by atoms with Crippen molar-refractivity contribution in [3.05, 3.63) is 23.8 Å². The van der Waals surface area contributed by atoms with Crippen LogP contribution in [0.1, 0.15) is 19.4 Å². The minimum absolute atomic E-state index is 0.0446. The Labute approximate surface area is 123 Å². The third-order valence-electron chi connectivity index (χ3n) is 3.15. The molecule has 1 rings (SSSR count). The summed E-state index contributed by atoms with van der Waals surface area (Å²) in [6, 6.07) is 5.94. The molecule has 1 atom stereocenters. The summed E-state index contributed by atoms with van der Waals surface area (Å²) in [5, 5.41) is 0. The lowest BCUT2D eigenvalue weighted by atomic mass is 9.90. The van der Waals surface area contributed by atoms with Gasteiger partial charge in [-0.3, -0.25) is 0 Å². The molecule has 1 aromatic carbocycles. The molecule has 1 unspecified atom stereocenters. The monoisotopic (exact) mass is 294 g/mol. The van der Waals surface area contributed by atoms with Gasteiger partial charge < -0.3 is 14.0 Å². The SMILES string of the molecule is COc1ccc(CC(C=O)C(C)C)cc1O[Si](C)(C)C. The normalized spacial score (nSPS) is 13.2. The van der Waals surface area contributed by atoms with Gasteiger partial charge in [-0.25, -0.2) is 0 Å². The Hall–Kier alpha value is -1.29. The molecule has 0 N–H and O–H groups in total. The van der Waals surface area contributed by atoms with Gasteiger partial charge in [0.05, 0.1) is 7.11 Å². The Bertz CT molecular complexity index is 450. The maximum absolute atomic E-state index is 11.1. The van der Waals surface area contributed by atoms with E-state index < -0.39 is 8.32 Å². The molecule has 20 heavy (non-hydrogen) atoms. The van der Waals surface area contributed by atoms with Gasteiger partial charge in [0.1, 0.15) is 12.0 Å². The average molecular weight is 294 g/mol. The molecule has 0 radical (unpaired) electrons. The van der Waals surface area contributed by atoms with E-state index >= 15 is 0 Å². The predicted molar refractivity (Wildman–Crippen MR) is 85.1 cm³/mol. The van der Waals surface area contributed by atoms with Crippen molar-refractivity contribution in [1.82, 2.24) is 0 Å². The smallest absolute Gasteiger partial charge is 0.242 e. The first-order valence-corrected chi connectivity index (χ1v) is 10.5. The highest BCUT2D eigenvalue weighted by Crippen LogP contribution is 2.31. The molecular weight excluding hydrogens is 268 g/mol. The number of aldehydes is 1. The lowest BCUT2D eigenvalue weighted by molar-refractivity contribution is -0.112. The van der Waals surface area contributed by atoms with Crippen LogP contribution in [0.25, 0.3) is 0 Å². The summed E-state index contributed by atoms with van der Waals surface area (Å²) in [7, 11) is -0.0410. The zero-order valence-corrected chi connectivity index (χ0v) is 14.4. The molecule has 0 saturated carbocycles. The van der Waals surface area contributed by atoms with Gasteiger partial charge in [-0.2, -0.15) is 0 Å². The highest BCUT2D eigenvalue weighted by molar-refractivity contribution is 6.70. The van der Waals surface area contributed by atoms with Crippen molar-refractivity contribution in [2.75, 3.05) is 7.11 Å². The van der Waals surface area contributed by atoms with Gasteiger partial charge in [0.2, 0.25) is 8.32 Å². The van der Waals surface area contributed by atoms with E-state index in [1.807, 2.05) is 18.2 Å². The van der Waals surface area contributed by atoms with Crippen molar-refractivity contribution in [2.24, 2.45) is 11.8 Å². The molecular formula is C16H26O3Si. The predicted octanol–water partition coefficient (Wildman–Crippen LogP) is 3.92. The Morgan fingerprint density at radius 2 is 1.85 bits per heavy atom. The Kier molecular flexibility index (Phi) is 5.81. The third kappa shape index (κ3) is 5.00. The summed E-state index contributed by atoms with van der Waals surface area (Å²) in [6.45, 7) is 10.6. The van der Waals surface area contributed by atoms with Gasteiger partial charge >= 0.3 is 0 Å². The third-order valence-corrected chi connectivity index (χ3v) is 3.98. The Morgan fingerprint density at radius 1 is 1.20 bits per heavy atom. The molecule has 0 aliphatic rings. The molecule has 0 aromatic heterocycles. The quantitative estimate of drug-likeness (QED) is 0.565. The minimum Gasteiger partial charge on any atom is -0.542 e. The van der Waals surface area contributed by atoms with Crippen LogP contribution < -0.4 is 9.16 Å². The highest BCUT2D eigenvalue weighted by atomic mass is 28.4. The van der Waals surface area contributed by atoms with Crippen LogP contribution in [-0.2, 0) is 11.2 Å². The summed E-state index contributed by atoms with van der Waals surface area (Å²) in [6.07, 6.45) is 1.79. The topological polar surface area (TPSA) is 35.5 Å². The average Bonchev–Trinajstić information content (AvgIpc) is 2.34. The van der Waals surface area contributed by atoms with Crippen molar-refractivity contribution in [1.29, 1.82) is 0 Å². The fourth-order valence-corrected chi connectivity index (χ4v) is 2.79. The number of hydrogen-bond acceptors (Lipinski definition) is 3. The van der Waals surface area contributed by atoms with E-state index in [1.54, 1.807) is 7.11 Å². The van der Waals surface area contributed by atoms with Crippen molar-refractivity contribution in [3.8, 4) is 11.5 Å². The van der Waals surface area contributed by atoms with Crippen molar-refractivity contribution < 1.29 is 14.0 Å². The first kappa shape index (κ1) is 16.8. The summed E-state index contributed by atoms with van der Waals surface area (Å²) in [5.74, 6) is 1.93. The maximum atomic E-state index is 11.1. The molecule has 4 heteroatoms. The minimum atomic E-state index is -1.69. The molecule has 0 heterocycles. The van der Waals surface area contributed by atoms with Crippen LogP contribution in [0, 0.1) is 11.8 Å². The number of carbonyl (C=O) groups excluding carboxylic acids is 1. The number of rotatable bonds is 7. The van der Waals surface area contributed by atoms with Crippen molar-refractivity contribution in [3.63, 3.8) is 0 Å². The number of hydrogen-bond donors (Lipinski definition) is 0. The second kappa shape index (κ2) is 6.93. The molecule has 3 nitrogen and oxygen atoms in total. The lowest BCUT2D eigenvalue weighted by Crippen LogP contribution is -2.29. The largest absolute Gasteiger partial charge is 0.542 e. The zero-order chi connectivity index (χ0) is 15.3. The van der Waals surface area contributed by atoms with Gasteiger partial charge in [-0.05, 0) is 49.7 Å². The van der Waals surface area contributed by atoms with Gasteiger partial charge in [-0.15, -0.1) is 0 Å². The fraction of sp³-hybridized carbons (Fsp3) is 0.562. The second-order valence-electron chi connectivity index (χ2n) is 6.45. The molecule has 1 aromatic rings. The fourth-order valence-electron chi connectivity index (χ4n) is 1.97. The Balaban J connectivity index is 3.00. The van der Waals surface area contributed by atoms with Crippen LogP contribution in [0.4, 0.5) is 0 Å².